The van der Waals surface area contributed by atoms with Gasteiger partial charge in [-0.3, -0.25) is 4.98 Å². The molecule has 0 saturated carbocycles. The van der Waals surface area contributed by atoms with Crippen LogP contribution in [0.25, 0.3) is 11.1 Å². The molecule has 1 N–H and O–H groups in total. The minimum atomic E-state index is 0.0682. The highest BCUT2D eigenvalue weighted by Gasteiger charge is 2.15. The molecule has 0 unspecified atom stereocenters. The third-order valence-electron chi connectivity index (χ3n) is 2.38. The molecule has 0 fully saturated rings. The molecular formula is C12H8Cl3NO. The van der Waals surface area contributed by atoms with Crippen LogP contribution in [0.4, 0.5) is 0 Å². The molecule has 88 valence electrons. The van der Waals surface area contributed by atoms with Crippen molar-refractivity contribution in [2.45, 2.75) is 6.92 Å². The molecule has 1 heterocycles. The maximum absolute atomic E-state index is 9.96. The van der Waals surface area contributed by atoms with Gasteiger partial charge in [0, 0.05) is 22.3 Å². The molecule has 2 aromatic rings. The van der Waals surface area contributed by atoms with Crippen molar-refractivity contribution in [1.82, 2.24) is 4.98 Å². The minimum absolute atomic E-state index is 0.0682. The minimum Gasteiger partial charge on any atom is -0.505 e. The van der Waals surface area contributed by atoms with E-state index < -0.39 is 0 Å². The second-order valence-corrected chi connectivity index (χ2v) is 4.79. The number of rotatable bonds is 1. The number of halogens is 3. The van der Waals surface area contributed by atoms with Gasteiger partial charge in [-0.05, 0) is 25.1 Å². The second kappa shape index (κ2) is 4.73. The summed E-state index contributed by atoms with van der Waals surface area (Å²) in [7, 11) is 0. The Hall–Kier alpha value is -0.960. The highest BCUT2D eigenvalue weighted by molar-refractivity contribution is 6.41. The number of aromatic hydroxyl groups is 1. The quantitative estimate of drug-likeness (QED) is 0.823. The number of benzene rings is 1. The predicted molar refractivity (Wildman–Crippen MR) is 71.1 cm³/mol. The van der Waals surface area contributed by atoms with Gasteiger partial charge in [-0.25, -0.2) is 0 Å². The molecule has 0 spiro atoms. The van der Waals surface area contributed by atoms with Gasteiger partial charge in [0.15, 0.2) is 0 Å². The predicted octanol–water partition coefficient (Wildman–Crippen LogP) is 4.72. The summed E-state index contributed by atoms with van der Waals surface area (Å²) in [6.07, 6.45) is 1.59. The third kappa shape index (κ3) is 2.34. The van der Waals surface area contributed by atoms with E-state index in [9.17, 15) is 5.11 Å². The Balaban J connectivity index is 2.73. The van der Waals surface area contributed by atoms with Crippen LogP contribution in [-0.4, -0.2) is 10.1 Å². The molecule has 0 aliphatic carbocycles. The molecular weight excluding hydrogens is 280 g/mol. The number of aryl methyl sites for hydroxylation is 1. The lowest BCUT2D eigenvalue weighted by molar-refractivity contribution is 0.470. The van der Waals surface area contributed by atoms with Crippen molar-refractivity contribution in [2.75, 3.05) is 0 Å². The molecule has 0 aliphatic rings. The number of hydrogen-bond acceptors (Lipinski definition) is 2. The number of hydrogen-bond donors (Lipinski definition) is 1. The first kappa shape index (κ1) is 12.5. The Bertz CT molecular complexity index is 561. The monoisotopic (exact) mass is 287 g/mol. The normalized spacial score (nSPS) is 10.6. The highest BCUT2D eigenvalue weighted by atomic mass is 35.5. The van der Waals surface area contributed by atoms with Crippen LogP contribution >= 0.6 is 34.8 Å². The van der Waals surface area contributed by atoms with E-state index in [-0.39, 0.29) is 5.75 Å². The van der Waals surface area contributed by atoms with Crippen molar-refractivity contribution in [3.05, 3.63) is 45.2 Å². The zero-order valence-corrected chi connectivity index (χ0v) is 11.1. The molecule has 0 aliphatic heterocycles. The summed E-state index contributed by atoms with van der Waals surface area (Å²) in [4.78, 5) is 3.98. The zero-order chi connectivity index (χ0) is 12.6. The Morgan fingerprint density at radius 2 is 1.71 bits per heavy atom. The summed E-state index contributed by atoms with van der Waals surface area (Å²) in [5.74, 6) is 0.0682. The van der Waals surface area contributed by atoms with Crippen molar-refractivity contribution < 1.29 is 5.11 Å². The molecule has 1 aromatic carbocycles. The highest BCUT2D eigenvalue weighted by Crippen LogP contribution is 2.41. The van der Waals surface area contributed by atoms with Crippen LogP contribution in [0.2, 0.25) is 15.1 Å². The number of nitrogens with zero attached hydrogens (tertiary/aromatic N) is 1. The maximum atomic E-state index is 9.96. The van der Waals surface area contributed by atoms with Gasteiger partial charge < -0.3 is 5.11 Å². The average Bonchev–Trinajstić information content (AvgIpc) is 2.23. The van der Waals surface area contributed by atoms with Crippen molar-refractivity contribution >= 4 is 34.8 Å². The summed E-state index contributed by atoms with van der Waals surface area (Å²) >= 11 is 18.0. The third-order valence-corrected chi connectivity index (χ3v) is 3.20. The van der Waals surface area contributed by atoms with Crippen molar-refractivity contribution in [1.29, 1.82) is 0 Å². The van der Waals surface area contributed by atoms with E-state index in [2.05, 4.69) is 4.98 Å². The maximum Gasteiger partial charge on any atom is 0.144 e. The molecule has 2 nitrogen and oxygen atoms in total. The van der Waals surface area contributed by atoms with Gasteiger partial charge in [0.05, 0.1) is 15.7 Å². The first-order valence-electron chi connectivity index (χ1n) is 4.80. The summed E-state index contributed by atoms with van der Waals surface area (Å²) < 4.78 is 0. The molecule has 5 heteroatoms. The van der Waals surface area contributed by atoms with Gasteiger partial charge in [0.2, 0.25) is 0 Å². The van der Waals surface area contributed by atoms with Gasteiger partial charge in [0.25, 0.3) is 0 Å². The van der Waals surface area contributed by atoms with E-state index in [0.29, 0.717) is 31.9 Å². The van der Waals surface area contributed by atoms with Crippen LogP contribution in [0.15, 0.2) is 24.4 Å². The van der Waals surface area contributed by atoms with Gasteiger partial charge in [0.1, 0.15) is 5.75 Å². The van der Waals surface area contributed by atoms with E-state index in [1.54, 1.807) is 31.3 Å². The van der Waals surface area contributed by atoms with E-state index in [1.807, 2.05) is 0 Å². The van der Waals surface area contributed by atoms with Crippen LogP contribution in [0, 0.1) is 6.92 Å². The molecule has 2 rings (SSSR count). The van der Waals surface area contributed by atoms with E-state index >= 15 is 0 Å². The van der Waals surface area contributed by atoms with Crippen molar-refractivity contribution in [3.8, 4) is 16.9 Å². The van der Waals surface area contributed by atoms with E-state index in [1.165, 1.54) is 0 Å². The smallest absolute Gasteiger partial charge is 0.144 e. The fourth-order valence-electron chi connectivity index (χ4n) is 1.56. The van der Waals surface area contributed by atoms with Gasteiger partial charge in [-0.1, -0.05) is 34.8 Å². The first-order chi connectivity index (χ1) is 8.00. The van der Waals surface area contributed by atoms with E-state index in [0.717, 1.165) is 0 Å². The molecule has 0 amide bonds. The van der Waals surface area contributed by atoms with E-state index in [4.69, 9.17) is 34.8 Å². The topological polar surface area (TPSA) is 33.1 Å². The second-order valence-electron chi connectivity index (χ2n) is 3.54. The lowest BCUT2D eigenvalue weighted by Gasteiger charge is -2.10. The molecule has 0 saturated heterocycles. The Labute approximate surface area is 114 Å². The molecule has 0 radical (unpaired) electrons. The number of aromatic nitrogens is 1. The fraction of sp³-hybridized carbons (Fsp3) is 0.0833. The largest absolute Gasteiger partial charge is 0.505 e. The summed E-state index contributed by atoms with van der Waals surface area (Å²) in [6.45, 7) is 1.70. The van der Waals surface area contributed by atoms with Crippen LogP contribution in [0.5, 0.6) is 5.75 Å². The van der Waals surface area contributed by atoms with Crippen molar-refractivity contribution in [3.63, 3.8) is 0 Å². The molecule has 0 atom stereocenters. The summed E-state index contributed by atoms with van der Waals surface area (Å²) in [5.41, 5.74) is 1.62. The first-order valence-corrected chi connectivity index (χ1v) is 5.93. The summed E-state index contributed by atoms with van der Waals surface area (Å²) in [6, 6.07) is 4.82. The molecule has 1 aromatic heterocycles. The lowest BCUT2D eigenvalue weighted by atomic mass is 10.0. The summed E-state index contributed by atoms with van der Waals surface area (Å²) in [5, 5.41) is 11.2. The fourth-order valence-corrected chi connectivity index (χ4v) is 2.58. The Morgan fingerprint density at radius 3 is 2.29 bits per heavy atom. The SMILES string of the molecule is Cc1nccc(-c2c(Cl)cc(Cl)cc2Cl)c1O. The average molecular weight is 289 g/mol. The van der Waals surface area contributed by atoms with Gasteiger partial charge in [-0.2, -0.15) is 0 Å². The van der Waals surface area contributed by atoms with Crippen molar-refractivity contribution in [2.24, 2.45) is 0 Å². The lowest BCUT2D eigenvalue weighted by Crippen LogP contribution is -1.88. The van der Waals surface area contributed by atoms with Crippen LogP contribution in [0.3, 0.4) is 0 Å². The molecule has 0 bridgehead atoms. The van der Waals surface area contributed by atoms with Crippen LogP contribution < -0.4 is 0 Å². The van der Waals surface area contributed by atoms with Crippen LogP contribution in [0.1, 0.15) is 5.69 Å². The standard InChI is InChI=1S/C12H8Cl3NO/c1-6-12(17)8(2-3-16-6)11-9(14)4-7(13)5-10(11)15/h2-5,17H,1H3. The number of pyridine rings is 1. The van der Waals surface area contributed by atoms with Gasteiger partial charge >= 0.3 is 0 Å². The van der Waals surface area contributed by atoms with Gasteiger partial charge in [-0.15, -0.1) is 0 Å². The Kier molecular flexibility index (Phi) is 3.48. The molecule has 17 heavy (non-hydrogen) atoms. The zero-order valence-electron chi connectivity index (χ0n) is 8.84. The van der Waals surface area contributed by atoms with Crippen LogP contribution in [-0.2, 0) is 0 Å². The Morgan fingerprint density at radius 1 is 1.12 bits per heavy atom.